The van der Waals surface area contributed by atoms with Crippen molar-refractivity contribution < 1.29 is 19.1 Å². The van der Waals surface area contributed by atoms with Crippen molar-refractivity contribution in [2.45, 2.75) is 37.3 Å². The van der Waals surface area contributed by atoms with Crippen LogP contribution in [0.3, 0.4) is 0 Å². The van der Waals surface area contributed by atoms with Gasteiger partial charge in [-0.3, -0.25) is 9.59 Å². The maximum absolute atomic E-state index is 12.6. The number of nitrogens with one attached hydrogen (secondary N) is 1. The molecule has 6 heteroatoms. The molecule has 1 saturated carbocycles. The van der Waals surface area contributed by atoms with Crippen LogP contribution in [0.1, 0.15) is 25.7 Å². The van der Waals surface area contributed by atoms with Gasteiger partial charge in [0.05, 0.1) is 13.2 Å². The van der Waals surface area contributed by atoms with Gasteiger partial charge >= 0.3 is 0 Å². The molecule has 0 spiro atoms. The Balaban J connectivity index is 1.73. The summed E-state index contributed by atoms with van der Waals surface area (Å²) in [5, 5.41) is 2.87. The summed E-state index contributed by atoms with van der Waals surface area (Å²) in [5.41, 5.74) is -0.406. The highest BCUT2D eigenvalue weighted by molar-refractivity contribution is 5.90. The number of ether oxygens (including phenoxy) is 2. The SMILES string of the molecule is COC1(CN2CCC(=O)NC(C3CC3)C2=O)CCOC1. The van der Waals surface area contributed by atoms with Crippen molar-refractivity contribution in [1.82, 2.24) is 10.2 Å². The molecular weight excluding hydrogens is 260 g/mol. The lowest BCUT2D eigenvalue weighted by atomic mass is 10.0. The molecule has 0 bridgehead atoms. The number of nitrogens with zero attached hydrogens (tertiary/aromatic N) is 1. The first-order chi connectivity index (χ1) is 9.63. The predicted molar refractivity (Wildman–Crippen MR) is 71.0 cm³/mol. The molecule has 3 fully saturated rings. The average Bonchev–Trinajstić information content (AvgIpc) is 3.20. The van der Waals surface area contributed by atoms with Crippen molar-refractivity contribution >= 4 is 11.8 Å². The largest absolute Gasteiger partial charge is 0.378 e. The van der Waals surface area contributed by atoms with E-state index in [2.05, 4.69) is 5.32 Å². The van der Waals surface area contributed by atoms with Crippen LogP contribution in [0, 0.1) is 5.92 Å². The number of rotatable bonds is 4. The van der Waals surface area contributed by atoms with Gasteiger partial charge in [-0.25, -0.2) is 0 Å². The molecule has 2 unspecified atom stereocenters. The Morgan fingerprint density at radius 2 is 2.25 bits per heavy atom. The normalized spacial score (nSPS) is 35.0. The van der Waals surface area contributed by atoms with Crippen LogP contribution in [0.25, 0.3) is 0 Å². The first kappa shape index (κ1) is 13.8. The first-order valence-electron chi connectivity index (χ1n) is 7.35. The minimum Gasteiger partial charge on any atom is -0.378 e. The third-order valence-electron chi connectivity index (χ3n) is 4.58. The predicted octanol–water partition coefficient (Wildman–Crippen LogP) is -0.0810. The number of amides is 2. The molecule has 1 N–H and O–H groups in total. The molecule has 2 amide bonds. The molecule has 3 rings (SSSR count). The van der Waals surface area contributed by atoms with E-state index in [9.17, 15) is 9.59 Å². The maximum atomic E-state index is 12.6. The van der Waals surface area contributed by atoms with Gasteiger partial charge in [0.25, 0.3) is 0 Å². The summed E-state index contributed by atoms with van der Waals surface area (Å²) >= 11 is 0. The van der Waals surface area contributed by atoms with Crippen LogP contribution in [-0.2, 0) is 19.1 Å². The van der Waals surface area contributed by atoms with Gasteiger partial charge in [0.2, 0.25) is 11.8 Å². The molecule has 2 heterocycles. The fourth-order valence-corrected chi connectivity index (χ4v) is 3.04. The zero-order valence-corrected chi connectivity index (χ0v) is 11.9. The van der Waals surface area contributed by atoms with E-state index in [1.54, 1.807) is 12.0 Å². The van der Waals surface area contributed by atoms with Gasteiger partial charge in [0, 0.05) is 33.1 Å². The highest BCUT2D eigenvalue weighted by Crippen LogP contribution is 2.34. The highest BCUT2D eigenvalue weighted by atomic mass is 16.5. The van der Waals surface area contributed by atoms with E-state index in [0.717, 1.165) is 19.3 Å². The molecule has 112 valence electrons. The Bertz CT molecular complexity index is 402. The quantitative estimate of drug-likeness (QED) is 0.783. The van der Waals surface area contributed by atoms with Gasteiger partial charge < -0.3 is 19.7 Å². The fraction of sp³-hybridized carbons (Fsp3) is 0.857. The number of carbonyl (C=O) groups is 2. The number of hydrogen-bond acceptors (Lipinski definition) is 4. The molecule has 0 aromatic carbocycles. The van der Waals surface area contributed by atoms with Gasteiger partial charge in [-0.2, -0.15) is 0 Å². The molecule has 0 radical (unpaired) electrons. The standard InChI is InChI=1S/C14H22N2O4/c1-19-14(5-7-20-9-14)8-16-6-4-11(17)15-12(13(16)18)10-2-3-10/h10,12H,2-9H2,1H3,(H,15,17). The fourth-order valence-electron chi connectivity index (χ4n) is 3.04. The zero-order valence-electron chi connectivity index (χ0n) is 11.9. The molecule has 3 aliphatic rings. The Labute approximate surface area is 118 Å². The van der Waals surface area contributed by atoms with Crippen LogP contribution in [0.2, 0.25) is 0 Å². The van der Waals surface area contributed by atoms with Crippen molar-refractivity contribution in [3.05, 3.63) is 0 Å². The van der Waals surface area contributed by atoms with Gasteiger partial charge in [-0.15, -0.1) is 0 Å². The Hall–Kier alpha value is -1.14. The van der Waals surface area contributed by atoms with Gasteiger partial charge in [-0.1, -0.05) is 0 Å². The lowest BCUT2D eigenvalue weighted by Crippen LogP contribution is -2.52. The summed E-state index contributed by atoms with van der Waals surface area (Å²) in [4.78, 5) is 26.2. The van der Waals surface area contributed by atoms with Crippen molar-refractivity contribution in [3.63, 3.8) is 0 Å². The van der Waals surface area contributed by atoms with E-state index in [1.807, 2.05) is 0 Å². The molecule has 20 heavy (non-hydrogen) atoms. The second kappa shape index (κ2) is 5.33. The van der Waals surface area contributed by atoms with Crippen LogP contribution in [0.4, 0.5) is 0 Å². The van der Waals surface area contributed by atoms with Crippen LogP contribution < -0.4 is 5.32 Å². The summed E-state index contributed by atoms with van der Waals surface area (Å²) in [5.74, 6) is 0.346. The third kappa shape index (κ3) is 2.67. The summed E-state index contributed by atoms with van der Waals surface area (Å²) in [6, 6.07) is -0.332. The van der Waals surface area contributed by atoms with Crippen molar-refractivity contribution in [1.29, 1.82) is 0 Å². The minimum atomic E-state index is -0.406. The summed E-state index contributed by atoms with van der Waals surface area (Å²) in [7, 11) is 1.67. The number of hydrogen-bond donors (Lipinski definition) is 1. The second-order valence-electron chi connectivity index (χ2n) is 6.08. The lowest BCUT2D eigenvalue weighted by Gasteiger charge is -2.33. The van der Waals surface area contributed by atoms with Crippen LogP contribution in [0.15, 0.2) is 0 Å². The topological polar surface area (TPSA) is 67.9 Å². The van der Waals surface area contributed by atoms with E-state index >= 15 is 0 Å². The van der Waals surface area contributed by atoms with Gasteiger partial charge in [0.15, 0.2) is 0 Å². The van der Waals surface area contributed by atoms with E-state index in [4.69, 9.17) is 9.47 Å². The number of methoxy groups -OCH3 is 1. The first-order valence-corrected chi connectivity index (χ1v) is 7.35. The maximum Gasteiger partial charge on any atom is 0.245 e. The highest BCUT2D eigenvalue weighted by Gasteiger charge is 2.44. The van der Waals surface area contributed by atoms with Crippen molar-refractivity contribution in [3.8, 4) is 0 Å². The Morgan fingerprint density at radius 1 is 1.45 bits per heavy atom. The molecular formula is C14H22N2O4. The van der Waals surface area contributed by atoms with E-state index in [-0.39, 0.29) is 17.9 Å². The molecule has 0 aromatic rings. The smallest absolute Gasteiger partial charge is 0.245 e. The zero-order chi connectivity index (χ0) is 14.2. The van der Waals surface area contributed by atoms with Crippen LogP contribution in [0.5, 0.6) is 0 Å². The lowest BCUT2D eigenvalue weighted by molar-refractivity contribution is -0.138. The molecule has 2 saturated heterocycles. The molecule has 6 nitrogen and oxygen atoms in total. The second-order valence-corrected chi connectivity index (χ2v) is 6.08. The van der Waals surface area contributed by atoms with E-state index in [1.165, 1.54) is 0 Å². The molecule has 1 aliphatic carbocycles. The summed E-state index contributed by atoms with van der Waals surface area (Å²) in [6.45, 7) is 2.17. The Morgan fingerprint density at radius 3 is 2.85 bits per heavy atom. The minimum absolute atomic E-state index is 0.0214. The third-order valence-corrected chi connectivity index (χ3v) is 4.58. The molecule has 0 aromatic heterocycles. The molecule has 2 atom stereocenters. The van der Waals surface area contributed by atoms with Crippen molar-refractivity contribution in [2.75, 3.05) is 33.4 Å². The van der Waals surface area contributed by atoms with Gasteiger partial charge in [0.1, 0.15) is 11.6 Å². The average molecular weight is 282 g/mol. The van der Waals surface area contributed by atoms with Gasteiger partial charge in [-0.05, 0) is 18.8 Å². The van der Waals surface area contributed by atoms with Crippen LogP contribution in [-0.4, -0.2) is 61.8 Å². The molecule has 2 aliphatic heterocycles. The summed E-state index contributed by atoms with van der Waals surface area (Å²) in [6.07, 6.45) is 3.23. The van der Waals surface area contributed by atoms with Crippen molar-refractivity contribution in [2.24, 2.45) is 5.92 Å². The van der Waals surface area contributed by atoms with Crippen LogP contribution >= 0.6 is 0 Å². The monoisotopic (exact) mass is 282 g/mol. The van der Waals surface area contributed by atoms with E-state index < -0.39 is 5.60 Å². The Kier molecular flexibility index (Phi) is 3.69. The summed E-state index contributed by atoms with van der Waals surface area (Å²) < 4.78 is 11.0. The number of carbonyl (C=O) groups excluding carboxylic acids is 2. The van der Waals surface area contributed by atoms with E-state index in [0.29, 0.717) is 38.6 Å².